The first-order valence-electron chi connectivity index (χ1n) is 7.46. The number of hydrogen-bond donors (Lipinski definition) is 2. The smallest absolute Gasteiger partial charge is 0.267 e. The summed E-state index contributed by atoms with van der Waals surface area (Å²) in [6, 6.07) is 4.38. The van der Waals surface area contributed by atoms with Crippen molar-refractivity contribution in [3.05, 3.63) is 24.0 Å². The van der Waals surface area contributed by atoms with Gasteiger partial charge in [0.25, 0.3) is 5.91 Å². The van der Waals surface area contributed by atoms with E-state index in [9.17, 15) is 4.79 Å². The number of aromatic nitrogens is 1. The fourth-order valence-corrected chi connectivity index (χ4v) is 2.75. The van der Waals surface area contributed by atoms with Crippen LogP contribution in [0, 0.1) is 5.92 Å². The molecule has 1 saturated carbocycles. The van der Waals surface area contributed by atoms with E-state index in [4.69, 9.17) is 5.73 Å². The van der Waals surface area contributed by atoms with Crippen molar-refractivity contribution in [2.75, 3.05) is 24.5 Å². The maximum absolute atomic E-state index is 11.2. The largest absolute Gasteiger partial charge is 0.371 e. The number of carbonyl (C=O) groups excluding carboxylic acids is 1. The van der Waals surface area contributed by atoms with Crippen molar-refractivity contribution in [1.82, 2.24) is 10.3 Å². The van der Waals surface area contributed by atoms with E-state index < -0.39 is 5.91 Å². The lowest BCUT2D eigenvalue weighted by molar-refractivity contribution is 0.0995. The molecule has 1 aliphatic carbocycles. The van der Waals surface area contributed by atoms with Gasteiger partial charge in [-0.2, -0.15) is 0 Å². The molecule has 1 aliphatic heterocycles. The summed E-state index contributed by atoms with van der Waals surface area (Å²) in [5, 5.41) is 3.67. The minimum absolute atomic E-state index is 0.344. The van der Waals surface area contributed by atoms with Gasteiger partial charge in [0.1, 0.15) is 5.69 Å². The van der Waals surface area contributed by atoms with Crippen LogP contribution >= 0.6 is 0 Å². The van der Waals surface area contributed by atoms with Crippen molar-refractivity contribution in [3.63, 3.8) is 0 Å². The van der Waals surface area contributed by atoms with Gasteiger partial charge in [-0.25, -0.2) is 0 Å². The Morgan fingerprint density at radius 3 is 2.75 bits per heavy atom. The number of carbonyl (C=O) groups is 1. The van der Waals surface area contributed by atoms with E-state index in [0.29, 0.717) is 11.7 Å². The number of anilines is 1. The molecule has 2 heterocycles. The summed E-state index contributed by atoms with van der Waals surface area (Å²) in [6.45, 7) is 3.22. The summed E-state index contributed by atoms with van der Waals surface area (Å²) in [7, 11) is 0. The van der Waals surface area contributed by atoms with Crippen LogP contribution < -0.4 is 16.0 Å². The predicted octanol–water partition coefficient (Wildman–Crippen LogP) is 1.15. The quantitative estimate of drug-likeness (QED) is 0.845. The molecule has 0 bridgehead atoms. The van der Waals surface area contributed by atoms with Gasteiger partial charge < -0.3 is 16.0 Å². The highest BCUT2D eigenvalue weighted by Gasteiger charge is 2.24. The first kappa shape index (κ1) is 13.4. The van der Waals surface area contributed by atoms with Crippen LogP contribution in [0.3, 0.4) is 0 Å². The molecule has 2 aliphatic rings. The van der Waals surface area contributed by atoms with E-state index in [1.807, 2.05) is 6.07 Å². The van der Waals surface area contributed by atoms with Gasteiger partial charge >= 0.3 is 0 Å². The number of hydrogen-bond acceptors (Lipinski definition) is 4. The molecule has 1 saturated heterocycles. The minimum atomic E-state index is -0.465. The van der Waals surface area contributed by atoms with Crippen LogP contribution in [0.25, 0.3) is 0 Å². The number of nitrogens with two attached hydrogens (primary N) is 1. The number of rotatable bonds is 5. The summed E-state index contributed by atoms with van der Waals surface area (Å²) in [5.74, 6) is 0.471. The van der Waals surface area contributed by atoms with Crippen molar-refractivity contribution in [3.8, 4) is 0 Å². The summed E-state index contributed by atoms with van der Waals surface area (Å²) in [5.41, 5.74) is 6.67. The molecule has 1 aromatic rings. The summed E-state index contributed by atoms with van der Waals surface area (Å²) in [6.07, 6.45) is 6.77. The van der Waals surface area contributed by atoms with Gasteiger partial charge in [-0.3, -0.25) is 9.78 Å². The average Bonchev–Trinajstić information content (AvgIpc) is 3.30. The molecule has 1 aromatic heterocycles. The zero-order chi connectivity index (χ0) is 13.9. The molecule has 20 heavy (non-hydrogen) atoms. The lowest BCUT2D eigenvalue weighted by Gasteiger charge is -2.34. The Balaban J connectivity index is 1.54. The standard InChI is InChI=1S/C15H22N4O/c16-15(20)14-9-13(3-6-17-14)19-7-4-12(5-8-19)18-10-11-1-2-11/h3,6,9,11-12,18H,1-2,4-5,7-8,10H2,(H2,16,20). The number of nitrogens with one attached hydrogen (secondary N) is 1. The summed E-state index contributed by atoms with van der Waals surface area (Å²) >= 11 is 0. The molecule has 3 rings (SSSR count). The Bertz CT molecular complexity index is 479. The van der Waals surface area contributed by atoms with Crippen LogP contribution in [0.15, 0.2) is 18.3 Å². The van der Waals surface area contributed by atoms with Gasteiger partial charge in [0.2, 0.25) is 0 Å². The van der Waals surface area contributed by atoms with Crippen molar-refractivity contribution < 1.29 is 4.79 Å². The SMILES string of the molecule is NC(=O)c1cc(N2CCC(NCC3CC3)CC2)ccn1. The van der Waals surface area contributed by atoms with Gasteiger partial charge in [0, 0.05) is 31.0 Å². The molecular weight excluding hydrogens is 252 g/mol. The summed E-state index contributed by atoms with van der Waals surface area (Å²) in [4.78, 5) is 17.5. The third-order valence-corrected chi connectivity index (χ3v) is 4.25. The molecule has 0 radical (unpaired) electrons. The molecule has 0 atom stereocenters. The fraction of sp³-hybridized carbons (Fsp3) is 0.600. The van der Waals surface area contributed by atoms with E-state index in [0.717, 1.165) is 37.5 Å². The van der Waals surface area contributed by atoms with Crippen molar-refractivity contribution in [1.29, 1.82) is 0 Å². The molecule has 0 aromatic carbocycles. The van der Waals surface area contributed by atoms with Crippen LogP contribution in [0.1, 0.15) is 36.2 Å². The second-order valence-corrected chi connectivity index (χ2v) is 5.88. The van der Waals surface area contributed by atoms with E-state index in [-0.39, 0.29) is 0 Å². The Morgan fingerprint density at radius 1 is 1.35 bits per heavy atom. The van der Waals surface area contributed by atoms with Gasteiger partial charge in [0.15, 0.2) is 0 Å². The van der Waals surface area contributed by atoms with Crippen LogP contribution in [-0.4, -0.2) is 36.6 Å². The molecule has 0 unspecified atom stereocenters. The Morgan fingerprint density at radius 2 is 2.10 bits per heavy atom. The predicted molar refractivity (Wildman–Crippen MR) is 78.7 cm³/mol. The van der Waals surface area contributed by atoms with E-state index in [1.165, 1.54) is 19.4 Å². The lowest BCUT2D eigenvalue weighted by Crippen LogP contribution is -2.43. The number of amides is 1. The Kier molecular flexibility index (Phi) is 3.87. The van der Waals surface area contributed by atoms with Gasteiger partial charge in [-0.15, -0.1) is 0 Å². The highest BCUT2D eigenvalue weighted by Crippen LogP contribution is 2.28. The Labute approximate surface area is 119 Å². The van der Waals surface area contributed by atoms with E-state index >= 15 is 0 Å². The molecule has 1 amide bonds. The van der Waals surface area contributed by atoms with Crippen LogP contribution in [-0.2, 0) is 0 Å². The molecule has 0 spiro atoms. The molecular formula is C15H22N4O. The van der Waals surface area contributed by atoms with Gasteiger partial charge in [-0.05, 0) is 50.3 Å². The summed E-state index contributed by atoms with van der Waals surface area (Å²) < 4.78 is 0. The third kappa shape index (κ3) is 3.28. The molecule has 3 N–H and O–H groups in total. The average molecular weight is 274 g/mol. The zero-order valence-electron chi connectivity index (χ0n) is 11.7. The topological polar surface area (TPSA) is 71.2 Å². The van der Waals surface area contributed by atoms with Crippen molar-refractivity contribution >= 4 is 11.6 Å². The fourth-order valence-electron chi connectivity index (χ4n) is 2.75. The molecule has 108 valence electrons. The maximum atomic E-state index is 11.2. The van der Waals surface area contributed by atoms with Crippen LogP contribution in [0.2, 0.25) is 0 Å². The number of piperidine rings is 1. The number of nitrogens with zero attached hydrogens (tertiary/aromatic N) is 2. The number of primary amides is 1. The van der Waals surface area contributed by atoms with E-state index in [1.54, 1.807) is 12.3 Å². The monoisotopic (exact) mass is 274 g/mol. The van der Waals surface area contributed by atoms with Gasteiger partial charge in [-0.1, -0.05) is 0 Å². The van der Waals surface area contributed by atoms with Gasteiger partial charge in [0.05, 0.1) is 0 Å². The van der Waals surface area contributed by atoms with Crippen LogP contribution in [0.5, 0.6) is 0 Å². The number of pyridine rings is 1. The third-order valence-electron chi connectivity index (χ3n) is 4.25. The zero-order valence-corrected chi connectivity index (χ0v) is 11.7. The van der Waals surface area contributed by atoms with Crippen LogP contribution in [0.4, 0.5) is 5.69 Å². The maximum Gasteiger partial charge on any atom is 0.267 e. The lowest BCUT2D eigenvalue weighted by atomic mass is 10.0. The highest BCUT2D eigenvalue weighted by molar-refractivity contribution is 5.91. The second-order valence-electron chi connectivity index (χ2n) is 5.88. The second kappa shape index (κ2) is 5.79. The van der Waals surface area contributed by atoms with E-state index in [2.05, 4.69) is 15.2 Å². The normalized spacial score (nSPS) is 20.1. The highest BCUT2D eigenvalue weighted by atomic mass is 16.1. The molecule has 5 heteroatoms. The molecule has 2 fully saturated rings. The molecule has 5 nitrogen and oxygen atoms in total. The Hall–Kier alpha value is -1.62. The minimum Gasteiger partial charge on any atom is -0.371 e. The van der Waals surface area contributed by atoms with Crippen molar-refractivity contribution in [2.45, 2.75) is 31.7 Å². The first-order valence-corrected chi connectivity index (χ1v) is 7.46. The first-order chi connectivity index (χ1) is 9.72. The van der Waals surface area contributed by atoms with Crippen molar-refractivity contribution in [2.24, 2.45) is 11.7 Å².